The van der Waals surface area contributed by atoms with E-state index in [0.717, 1.165) is 73.9 Å². The van der Waals surface area contributed by atoms with Crippen LogP contribution in [0, 0.1) is 5.92 Å². The van der Waals surface area contributed by atoms with E-state index < -0.39 is 0 Å². The Morgan fingerprint density at radius 1 is 1.11 bits per heavy atom. The topological polar surface area (TPSA) is 53.0 Å². The molecule has 0 bridgehead atoms. The number of hydrogen-bond acceptors (Lipinski definition) is 4. The molecule has 0 spiro atoms. The zero-order valence-electron chi connectivity index (χ0n) is 16.0. The number of amides is 1. The lowest BCUT2D eigenvalue weighted by atomic mass is 9.94. The number of piperidine rings is 1. The Balaban J connectivity index is 1.46. The maximum atomic E-state index is 12.6. The molecule has 2 heterocycles. The summed E-state index contributed by atoms with van der Waals surface area (Å²) in [5, 5.41) is 12.6. The molecule has 4 rings (SSSR count). The van der Waals surface area contributed by atoms with E-state index >= 15 is 0 Å². The van der Waals surface area contributed by atoms with Gasteiger partial charge in [-0.05, 0) is 67.7 Å². The number of hydrogen-bond donors (Lipinski definition) is 1. The third-order valence-electron chi connectivity index (χ3n) is 6.05. The number of ether oxygens (including phenoxy) is 1. The fraction of sp³-hybridized carbons (Fsp3) is 0.500. The number of likely N-dealkylation sites (tertiary alicyclic amines) is 2. The molecule has 0 aromatic heterocycles. The molecule has 2 aromatic rings. The number of rotatable bonds is 4. The van der Waals surface area contributed by atoms with Crippen LogP contribution in [0.4, 0.5) is 0 Å². The first-order valence-corrected chi connectivity index (χ1v) is 9.95. The Morgan fingerprint density at radius 2 is 1.81 bits per heavy atom. The summed E-state index contributed by atoms with van der Waals surface area (Å²) in [6.07, 6.45) is 4.11. The molecule has 0 atom stereocenters. The Kier molecular flexibility index (Phi) is 5.21. The molecule has 1 amide bonds. The Morgan fingerprint density at radius 3 is 2.52 bits per heavy atom. The van der Waals surface area contributed by atoms with Crippen molar-refractivity contribution in [2.24, 2.45) is 5.92 Å². The number of carbonyl (C=O) groups is 1. The van der Waals surface area contributed by atoms with Gasteiger partial charge in [0.2, 0.25) is 5.91 Å². The lowest BCUT2D eigenvalue weighted by Crippen LogP contribution is -2.41. The van der Waals surface area contributed by atoms with E-state index in [9.17, 15) is 9.90 Å². The first-order chi connectivity index (χ1) is 13.2. The van der Waals surface area contributed by atoms with Gasteiger partial charge in [0.15, 0.2) is 0 Å². The number of phenolic OH excluding ortho intramolecular Hbond substituents is 1. The molecule has 2 aliphatic heterocycles. The lowest BCUT2D eigenvalue weighted by Gasteiger charge is -2.33. The van der Waals surface area contributed by atoms with E-state index in [1.807, 2.05) is 29.2 Å². The summed E-state index contributed by atoms with van der Waals surface area (Å²) >= 11 is 0. The molecule has 0 radical (unpaired) electrons. The fourth-order valence-corrected chi connectivity index (χ4v) is 4.40. The molecule has 2 saturated heterocycles. The number of phenols is 1. The van der Waals surface area contributed by atoms with Gasteiger partial charge in [-0.25, -0.2) is 0 Å². The van der Waals surface area contributed by atoms with Crippen molar-refractivity contribution in [3.63, 3.8) is 0 Å². The Bertz CT molecular complexity index is 822. The van der Waals surface area contributed by atoms with E-state index in [4.69, 9.17) is 4.74 Å². The van der Waals surface area contributed by atoms with Crippen molar-refractivity contribution < 1.29 is 14.6 Å². The van der Waals surface area contributed by atoms with Crippen LogP contribution in [0.25, 0.3) is 10.8 Å². The fourth-order valence-electron chi connectivity index (χ4n) is 4.40. The lowest BCUT2D eigenvalue weighted by molar-refractivity contribution is -0.136. The van der Waals surface area contributed by atoms with Crippen LogP contribution in [0.1, 0.15) is 31.2 Å². The second-order valence-electron chi connectivity index (χ2n) is 7.73. The summed E-state index contributed by atoms with van der Waals surface area (Å²) in [4.78, 5) is 17.0. The van der Waals surface area contributed by atoms with Gasteiger partial charge < -0.3 is 14.7 Å². The van der Waals surface area contributed by atoms with Crippen LogP contribution in [0.2, 0.25) is 0 Å². The molecule has 5 heteroatoms. The zero-order valence-corrected chi connectivity index (χ0v) is 16.0. The average Bonchev–Trinajstić information content (AvgIpc) is 3.24. The molecular weight excluding hydrogens is 340 g/mol. The monoisotopic (exact) mass is 368 g/mol. The third-order valence-corrected chi connectivity index (χ3v) is 6.05. The number of benzene rings is 2. The van der Waals surface area contributed by atoms with Gasteiger partial charge in [0.25, 0.3) is 0 Å². The second kappa shape index (κ2) is 7.77. The summed E-state index contributed by atoms with van der Waals surface area (Å²) in [7, 11) is 1.66. The molecule has 2 fully saturated rings. The van der Waals surface area contributed by atoms with Crippen LogP contribution in [0.3, 0.4) is 0 Å². The van der Waals surface area contributed by atoms with Crippen molar-refractivity contribution in [1.82, 2.24) is 9.80 Å². The highest BCUT2D eigenvalue weighted by Gasteiger charge is 2.30. The number of nitrogens with zero attached hydrogens (tertiary/aromatic N) is 2. The molecule has 1 N–H and O–H groups in total. The predicted molar refractivity (Wildman–Crippen MR) is 106 cm³/mol. The van der Waals surface area contributed by atoms with E-state index in [1.165, 1.54) is 0 Å². The van der Waals surface area contributed by atoms with E-state index in [2.05, 4.69) is 4.90 Å². The highest BCUT2D eigenvalue weighted by atomic mass is 16.5. The summed E-state index contributed by atoms with van der Waals surface area (Å²) in [5.74, 6) is 1.64. The minimum Gasteiger partial charge on any atom is -0.508 e. The smallest absolute Gasteiger partial charge is 0.225 e. The highest BCUT2D eigenvalue weighted by Crippen LogP contribution is 2.32. The third kappa shape index (κ3) is 3.74. The van der Waals surface area contributed by atoms with E-state index in [1.54, 1.807) is 13.2 Å². The normalized spacial score (nSPS) is 18.9. The average molecular weight is 368 g/mol. The maximum absolute atomic E-state index is 12.6. The largest absolute Gasteiger partial charge is 0.508 e. The van der Waals surface area contributed by atoms with Crippen molar-refractivity contribution in [2.75, 3.05) is 33.3 Å². The van der Waals surface area contributed by atoms with Crippen LogP contribution >= 0.6 is 0 Å². The van der Waals surface area contributed by atoms with Crippen LogP contribution in [0.5, 0.6) is 11.5 Å². The van der Waals surface area contributed by atoms with Crippen molar-refractivity contribution >= 4 is 16.7 Å². The van der Waals surface area contributed by atoms with Crippen molar-refractivity contribution in [2.45, 2.75) is 32.2 Å². The minimum atomic E-state index is 0.167. The molecule has 0 aliphatic carbocycles. The number of carbonyl (C=O) groups excluding carboxylic acids is 1. The van der Waals surface area contributed by atoms with Gasteiger partial charge in [-0.1, -0.05) is 12.1 Å². The van der Waals surface area contributed by atoms with Gasteiger partial charge in [0.1, 0.15) is 11.5 Å². The van der Waals surface area contributed by atoms with Crippen LogP contribution in [0.15, 0.2) is 30.3 Å². The Hall–Kier alpha value is -2.27. The standard InChI is InChI=1S/C22H28N2O3/c1-27-18-6-4-16-5-7-21(25)20(19(16)14-18)15-23-12-8-17(9-13-23)22(26)24-10-2-3-11-24/h4-7,14,17,25H,2-3,8-13,15H2,1H3. The van der Waals surface area contributed by atoms with E-state index in [0.29, 0.717) is 18.2 Å². The summed E-state index contributed by atoms with van der Waals surface area (Å²) in [5.41, 5.74) is 0.940. The van der Waals surface area contributed by atoms with Crippen LogP contribution in [-0.4, -0.2) is 54.1 Å². The maximum Gasteiger partial charge on any atom is 0.225 e. The Labute approximate surface area is 160 Å². The quantitative estimate of drug-likeness (QED) is 0.899. The van der Waals surface area contributed by atoms with E-state index in [-0.39, 0.29) is 5.92 Å². The van der Waals surface area contributed by atoms with Gasteiger partial charge in [-0.2, -0.15) is 0 Å². The van der Waals surface area contributed by atoms with Gasteiger partial charge in [-0.3, -0.25) is 9.69 Å². The van der Waals surface area contributed by atoms with Crippen molar-refractivity contribution in [3.8, 4) is 11.5 Å². The summed E-state index contributed by atoms with van der Waals surface area (Å²) < 4.78 is 5.36. The predicted octanol–water partition coefficient (Wildman–Crippen LogP) is 3.39. The molecule has 2 aliphatic rings. The molecule has 0 saturated carbocycles. The summed E-state index contributed by atoms with van der Waals surface area (Å²) in [6, 6.07) is 9.67. The number of fused-ring (bicyclic) bond motifs is 1. The second-order valence-corrected chi connectivity index (χ2v) is 7.73. The first-order valence-electron chi connectivity index (χ1n) is 9.95. The molecule has 5 nitrogen and oxygen atoms in total. The van der Waals surface area contributed by atoms with Crippen LogP contribution < -0.4 is 4.74 Å². The molecule has 2 aromatic carbocycles. The van der Waals surface area contributed by atoms with Gasteiger partial charge in [-0.15, -0.1) is 0 Å². The molecular formula is C22H28N2O3. The zero-order chi connectivity index (χ0) is 18.8. The first kappa shape index (κ1) is 18.1. The SMILES string of the molecule is COc1ccc2ccc(O)c(CN3CCC(C(=O)N4CCCC4)CC3)c2c1. The van der Waals surface area contributed by atoms with Crippen molar-refractivity contribution in [3.05, 3.63) is 35.9 Å². The van der Waals surface area contributed by atoms with Gasteiger partial charge >= 0.3 is 0 Å². The van der Waals surface area contributed by atoms with Crippen LogP contribution in [-0.2, 0) is 11.3 Å². The van der Waals surface area contributed by atoms with Crippen molar-refractivity contribution in [1.29, 1.82) is 0 Å². The number of methoxy groups -OCH3 is 1. The number of aromatic hydroxyl groups is 1. The molecule has 27 heavy (non-hydrogen) atoms. The van der Waals surface area contributed by atoms with Gasteiger partial charge in [0.05, 0.1) is 7.11 Å². The summed E-state index contributed by atoms with van der Waals surface area (Å²) in [6.45, 7) is 4.35. The molecule has 144 valence electrons. The highest BCUT2D eigenvalue weighted by molar-refractivity contribution is 5.89. The molecule has 0 unspecified atom stereocenters. The van der Waals surface area contributed by atoms with Gasteiger partial charge in [0, 0.05) is 31.1 Å². The minimum absolute atomic E-state index is 0.167.